The molecule has 0 radical (unpaired) electrons. The Hall–Kier alpha value is -2.15. The monoisotopic (exact) mass is 290 g/mol. The van der Waals surface area contributed by atoms with Gasteiger partial charge in [0.2, 0.25) is 0 Å². The average molecular weight is 290 g/mol. The molecule has 1 fully saturated rings. The lowest BCUT2D eigenvalue weighted by atomic mass is 9.93. The fraction of sp³-hybridized carbons (Fsp3) is 0.500. The number of hydrogen-bond acceptors (Lipinski definition) is 5. The average Bonchev–Trinajstić information content (AvgIpc) is 3.16. The van der Waals surface area contributed by atoms with E-state index in [9.17, 15) is 4.79 Å². The van der Waals surface area contributed by atoms with Crippen molar-refractivity contribution in [3.8, 4) is 0 Å². The topological polar surface area (TPSA) is 82.2 Å². The van der Waals surface area contributed by atoms with Gasteiger partial charge in [-0.1, -0.05) is 5.16 Å². The summed E-state index contributed by atoms with van der Waals surface area (Å²) in [6.07, 6.45) is 6.95. The van der Waals surface area contributed by atoms with Crippen LogP contribution in [0.1, 0.15) is 35.3 Å². The number of nitrogens with one attached hydrogen (secondary N) is 1. The smallest absolute Gasteiger partial charge is 0.273 e. The Balaban J connectivity index is 1.65. The van der Waals surface area contributed by atoms with Crippen molar-refractivity contribution in [2.24, 2.45) is 13.0 Å². The minimum atomic E-state index is -0.229. The highest BCUT2D eigenvalue weighted by Crippen LogP contribution is 2.32. The number of aromatic nitrogens is 3. The number of hydrogen-bond donors (Lipinski definition) is 1. The van der Waals surface area contributed by atoms with E-state index in [1.165, 1.54) is 6.26 Å². The number of aryl methyl sites for hydroxylation is 1. The predicted octanol–water partition coefficient (Wildman–Crippen LogP) is 1.31. The molecule has 2 aromatic rings. The molecule has 1 aliphatic heterocycles. The van der Waals surface area contributed by atoms with Gasteiger partial charge in [0.05, 0.1) is 0 Å². The second-order valence-corrected chi connectivity index (χ2v) is 5.18. The standard InChI is InChI=1S/C14H18N4O3/c1-18-6-5-15-13(18)12-10(3-2-7-20-12)9-16-14(19)11-4-8-21-17-11/h4-6,8,10,12H,2-3,7,9H2,1H3,(H,16,19)/t10-,12+/m0/s1. The van der Waals surface area contributed by atoms with Crippen molar-refractivity contribution < 1.29 is 14.1 Å². The van der Waals surface area contributed by atoms with Crippen molar-refractivity contribution in [2.75, 3.05) is 13.2 Å². The maximum absolute atomic E-state index is 11.9. The highest BCUT2D eigenvalue weighted by molar-refractivity contribution is 5.91. The number of carbonyl (C=O) groups excluding carboxylic acids is 1. The van der Waals surface area contributed by atoms with Gasteiger partial charge in [0.25, 0.3) is 5.91 Å². The number of amides is 1. The largest absolute Gasteiger partial charge is 0.370 e. The summed E-state index contributed by atoms with van der Waals surface area (Å²) in [6.45, 7) is 1.26. The fourth-order valence-electron chi connectivity index (χ4n) is 2.63. The SMILES string of the molecule is Cn1ccnc1[C@@H]1OCCC[C@H]1CNC(=O)c1ccon1. The first kappa shape index (κ1) is 13.8. The molecule has 7 nitrogen and oxygen atoms in total. The number of carbonyl (C=O) groups is 1. The van der Waals surface area contributed by atoms with Crippen LogP contribution in [0.15, 0.2) is 29.2 Å². The van der Waals surface area contributed by atoms with E-state index >= 15 is 0 Å². The van der Waals surface area contributed by atoms with Gasteiger partial charge in [0, 0.05) is 44.6 Å². The molecule has 2 aromatic heterocycles. The Morgan fingerprint density at radius 3 is 3.19 bits per heavy atom. The minimum absolute atomic E-state index is 0.0867. The lowest BCUT2D eigenvalue weighted by molar-refractivity contribution is -0.0338. The molecule has 0 aliphatic carbocycles. The third-order valence-corrected chi connectivity index (χ3v) is 3.75. The molecule has 3 rings (SSSR count). The van der Waals surface area contributed by atoms with Crippen LogP contribution in [0, 0.1) is 5.92 Å². The van der Waals surface area contributed by atoms with Crippen LogP contribution in [0.5, 0.6) is 0 Å². The van der Waals surface area contributed by atoms with Crippen molar-refractivity contribution in [3.63, 3.8) is 0 Å². The summed E-state index contributed by atoms with van der Waals surface area (Å²) in [5.74, 6) is 0.874. The predicted molar refractivity (Wildman–Crippen MR) is 73.5 cm³/mol. The molecular formula is C14H18N4O3. The van der Waals surface area contributed by atoms with E-state index in [-0.39, 0.29) is 17.9 Å². The Morgan fingerprint density at radius 1 is 1.57 bits per heavy atom. The molecule has 0 saturated carbocycles. The first-order valence-corrected chi connectivity index (χ1v) is 7.03. The summed E-state index contributed by atoms with van der Waals surface area (Å²) < 4.78 is 12.5. The fourth-order valence-corrected chi connectivity index (χ4v) is 2.63. The Kier molecular flexibility index (Phi) is 4.01. The van der Waals surface area contributed by atoms with Gasteiger partial charge < -0.3 is 19.1 Å². The molecule has 0 aromatic carbocycles. The van der Waals surface area contributed by atoms with Crippen molar-refractivity contribution in [1.29, 1.82) is 0 Å². The zero-order valence-corrected chi connectivity index (χ0v) is 11.9. The van der Waals surface area contributed by atoms with Gasteiger partial charge in [-0.25, -0.2) is 4.98 Å². The van der Waals surface area contributed by atoms with Crippen LogP contribution in [-0.2, 0) is 11.8 Å². The van der Waals surface area contributed by atoms with E-state index in [2.05, 4.69) is 20.0 Å². The third kappa shape index (κ3) is 2.97. The van der Waals surface area contributed by atoms with E-state index in [0.29, 0.717) is 12.2 Å². The van der Waals surface area contributed by atoms with Crippen LogP contribution in [-0.4, -0.2) is 33.8 Å². The van der Waals surface area contributed by atoms with E-state index in [4.69, 9.17) is 4.74 Å². The quantitative estimate of drug-likeness (QED) is 0.918. The van der Waals surface area contributed by atoms with Crippen LogP contribution < -0.4 is 5.32 Å². The van der Waals surface area contributed by atoms with Crippen LogP contribution in [0.2, 0.25) is 0 Å². The lowest BCUT2D eigenvalue weighted by Gasteiger charge is -2.31. The Morgan fingerprint density at radius 2 is 2.48 bits per heavy atom. The molecule has 0 unspecified atom stereocenters. The van der Waals surface area contributed by atoms with Gasteiger partial charge in [0.1, 0.15) is 18.2 Å². The molecule has 1 N–H and O–H groups in total. The summed E-state index contributed by atoms with van der Waals surface area (Å²) in [6, 6.07) is 1.54. The van der Waals surface area contributed by atoms with Crippen LogP contribution in [0.25, 0.3) is 0 Å². The van der Waals surface area contributed by atoms with Gasteiger partial charge in [-0.15, -0.1) is 0 Å². The summed E-state index contributed by atoms with van der Waals surface area (Å²) in [5, 5.41) is 6.52. The minimum Gasteiger partial charge on any atom is -0.370 e. The normalized spacial score (nSPS) is 22.1. The van der Waals surface area contributed by atoms with Crippen molar-refractivity contribution >= 4 is 5.91 Å². The van der Waals surface area contributed by atoms with Crippen molar-refractivity contribution in [2.45, 2.75) is 18.9 Å². The number of rotatable bonds is 4. The van der Waals surface area contributed by atoms with E-state index in [1.807, 2.05) is 17.8 Å². The van der Waals surface area contributed by atoms with Crippen LogP contribution in [0.4, 0.5) is 0 Å². The zero-order valence-electron chi connectivity index (χ0n) is 11.9. The number of nitrogens with zero attached hydrogens (tertiary/aromatic N) is 3. The molecule has 1 aliphatic rings. The maximum atomic E-state index is 11.9. The third-order valence-electron chi connectivity index (χ3n) is 3.75. The molecule has 1 saturated heterocycles. The highest BCUT2D eigenvalue weighted by atomic mass is 16.5. The molecular weight excluding hydrogens is 272 g/mol. The lowest BCUT2D eigenvalue weighted by Crippen LogP contribution is -2.36. The first-order valence-electron chi connectivity index (χ1n) is 7.03. The van der Waals surface area contributed by atoms with Gasteiger partial charge in [-0.05, 0) is 12.8 Å². The highest BCUT2D eigenvalue weighted by Gasteiger charge is 2.30. The Bertz CT molecular complexity index is 593. The van der Waals surface area contributed by atoms with Gasteiger partial charge in [0.15, 0.2) is 5.69 Å². The van der Waals surface area contributed by atoms with Gasteiger partial charge in [-0.2, -0.15) is 0 Å². The van der Waals surface area contributed by atoms with Gasteiger partial charge in [-0.3, -0.25) is 4.79 Å². The molecule has 112 valence electrons. The van der Waals surface area contributed by atoms with E-state index in [0.717, 1.165) is 25.3 Å². The van der Waals surface area contributed by atoms with E-state index < -0.39 is 0 Å². The molecule has 21 heavy (non-hydrogen) atoms. The molecule has 0 bridgehead atoms. The maximum Gasteiger partial charge on any atom is 0.273 e. The second kappa shape index (κ2) is 6.09. The Labute approximate surface area is 122 Å². The number of ether oxygens (including phenoxy) is 1. The molecule has 3 heterocycles. The van der Waals surface area contributed by atoms with Gasteiger partial charge >= 0.3 is 0 Å². The summed E-state index contributed by atoms with van der Waals surface area (Å²) in [7, 11) is 1.95. The molecule has 0 spiro atoms. The first-order chi connectivity index (χ1) is 10.3. The van der Waals surface area contributed by atoms with Crippen LogP contribution in [0.3, 0.4) is 0 Å². The summed E-state index contributed by atoms with van der Waals surface area (Å²) in [4.78, 5) is 16.3. The molecule has 7 heteroatoms. The zero-order chi connectivity index (χ0) is 14.7. The number of imidazole rings is 1. The van der Waals surface area contributed by atoms with E-state index in [1.54, 1.807) is 12.3 Å². The second-order valence-electron chi connectivity index (χ2n) is 5.18. The summed E-state index contributed by atoms with van der Waals surface area (Å²) in [5.41, 5.74) is 0.292. The van der Waals surface area contributed by atoms with Crippen molar-refractivity contribution in [1.82, 2.24) is 20.0 Å². The molecule has 2 atom stereocenters. The van der Waals surface area contributed by atoms with Crippen molar-refractivity contribution in [3.05, 3.63) is 36.2 Å². The molecule has 1 amide bonds. The summed E-state index contributed by atoms with van der Waals surface area (Å²) >= 11 is 0. The van der Waals surface area contributed by atoms with Crippen LogP contribution >= 0.6 is 0 Å².